The van der Waals surface area contributed by atoms with Crippen LogP contribution in [0.1, 0.15) is 97.9 Å². The van der Waals surface area contributed by atoms with Crippen LogP contribution in [0.15, 0.2) is 24.0 Å². The number of methoxy groups -OCH3 is 3. The van der Waals surface area contributed by atoms with Gasteiger partial charge in [-0.05, 0) is 115 Å². The van der Waals surface area contributed by atoms with E-state index in [2.05, 4.69) is 49.2 Å². The van der Waals surface area contributed by atoms with E-state index in [0.717, 1.165) is 56.9 Å². The van der Waals surface area contributed by atoms with E-state index in [9.17, 15) is 9.59 Å². The molecule has 18 atom stereocenters. The molecular formula is C43H68N4O10. The van der Waals surface area contributed by atoms with Gasteiger partial charge in [-0.1, -0.05) is 25.1 Å². The molecule has 4 unspecified atom stereocenters. The lowest BCUT2D eigenvalue weighted by Gasteiger charge is -2.44. The van der Waals surface area contributed by atoms with Gasteiger partial charge < -0.3 is 42.8 Å². The molecule has 6 aliphatic rings. The third kappa shape index (κ3) is 8.80. The Morgan fingerprint density at radius 1 is 0.860 bits per heavy atom. The summed E-state index contributed by atoms with van der Waals surface area (Å²) >= 11 is 0. The molecular weight excluding hydrogens is 732 g/mol. The average Bonchev–Trinajstić information content (AvgIpc) is 3.95. The number of fused-ring (bicyclic) bond motifs is 5. The molecule has 0 aromatic carbocycles. The minimum Gasteiger partial charge on any atom is -0.462 e. The largest absolute Gasteiger partial charge is 0.462 e. The van der Waals surface area contributed by atoms with Crippen LogP contribution >= 0.6 is 0 Å². The van der Waals surface area contributed by atoms with Crippen LogP contribution in [0.5, 0.6) is 0 Å². The van der Waals surface area contributed by atoms with E-state index in [1.807, 2.05) is 24.7 Å². The predicted octanol–water partition coefficient (Wildman–Crippen LogP) is 5.15. The summed E-state index contributed by atoms with van der Waals surface area (Å²) in [6.07, 6.45) is 10.1. The second-order valence-electron chi connectivity index (χ2n) is 17.9. The number of hydrogen-bond acceptors (Lipinski definition) is 13. The van der Waals surface area contributed by atoms with Crippen LogP contribution < -0.4 is 0 Å². The number of carbonyl (C=O) groups excluding carboxylic acids is 2. The molecule has 14 heteroatoms. The summed E-state index contributed by atoms with van der Waals surface area (Å²) in [6.45, 7) is 8.16. The van der Waals surface area contributed by atoms with Crippen molar-refractivity contribution < 1.29 is 47.5 Å². The quantitative estimate of drug-likeness (QED) is 0.288. The van der Waals surface area contributed by atoms with Gasteiger partial charge in [-0.25, -0.2) is 4.68 Å². The molecule has 3 aliphatic carbocycles. The highest BCUT2D eigenvalue weighted by atomic mass is 16.7. The van der Waals surface area contributed by atoms with Crippen LogP contribution in [0.25, 0.3) is 0 Å². The van der Waals surface area contributed by atoms with E-state index in [4.69, 9.17) is 37.9 Å². The maximum Gasteiger partial charge on any atom is 0.306 e. The Balaban J connectivity index is 1.17. The zero-order chi connectivity index (χ0) is 40.5. The first kappa shape index (κ1) is 42.8. The van der Waals surface area contributed by atoms with Crippen LogP contribution in [0.4, 0.5) is 0 Å². The first-order valence-corrected chi connectivity index (χ1v) is 21.6. The van der Waals surface area contributed by atoms with Gasteiger partial charge >= 0.3 is 5.97 Å². The molecule has 7 rings (SSSR count). The molecule has 0 bridgehead atoms. The van der Waals surface area contributed by atoms with Crippen molar-refractivity contribution in [3.63, 3.8) is 0 Å². The smallest absolute Gasteiger partial charge is 0.306 e. The number of aromatic nitrogens is 3. The van der Waals surface area contributed by atoms with E-state index in [0.29, 0.717) is 12.5 Å². The van der Waals surface area contributed by atoms with Gasteiger partial charge in [0.15, 0.2) is 18.4 Å². The highest BCUT2D eigenvalue weighted by Crippen LogP contribution is 2.60. The fraction of sp³-hybridized carbons (Fsp3) is 0.860. The Bertz CT molecular complexity index is 1530. The third-order valence-corrected chi connectivity index (χ3v) is 14.6. The van der Waals surface area contributed by atoms with Gasteiger partial charge in [-0.3, -0.25) is 9.59 Å². The minimum atomic E-state index is -0.644. The lowest BCUT2D eigenvalue weighted by molar-refractivity contribution is -0.314. The van der Waals surface area contributed by atoms with Crippen LogP contribution in [0.2, 0.25) is 0 Å². The number of nitrogens with zero attached hydrogens (tertiary/aromatic N) is 4. The summed E-state index contributed by atoms with van der Waals surface area (Å²) in [7, 11) is 9.14. The van der Waals surface area contributed by atoms with Crippen LogP contribution in [-0.2, 0) is 47.5 Å². The maximum absolute atomic E-state index is 15.0. The van der Waals surface area contributed by atoms with Gasteiger partial charge in [0.25, 0.3) is 0 Å². The van der Waals surface area contributed by atoms with Crippen molar-refractivity contribution >= 4 is 11.8 Å². The van der Waals surface area contributed by atoms with Gasteiger partial charge in [-0.15, -0.1) is 5.10 Å². The minimum absolute atomic E-state index is 0.0205. The Morgan fingerprint density at radius 3 is 2.28 bits per heavy atom. The van der Waals surface area contributed by atoms with E-state index in [1.54, 1.807) is 27.5 Å². The number of allylic oxidation sites excluding steroid dienone is 2. The molecule has 14 nitrogen and oxygen atoms in total. The Labute approximate surface area is 338 Å². The summed E-state index contributed by atoms with van der Waals surface area (Å²) < 4.78 is 52.2. The van der Waals surface area contributed by atoms with Crippen molar-refractivity contribution in [3.05, 3.63) is 24.0 Å². The van der Waals surface area contributed by atoms with Crippen LogP contribution in [-0.4, -0.2) is 135 Å². The van der Waals surface area contributed by atoms with Gasteiger partial charge in [-0.2, -0.15) is 0 Å². The summed E-state index contributed by atoms with van der Waals surface area (Å²) in [6, 6.07) is 0.346. The van der Waals surface area contributed by atoms with Crippen molar-refractivity contribution in [1.82, 2.24) is 19.9 Å². The molecule has 2 saturated carbocycles. The summed E-state index contributed by atoms with van der Waals surface area (Å²) in [5.74, 6) is -0.315. The van der Waals surface area contributed by atoms with Crippen molar-refractivity contribution in [2.24, 2.45) is 35.5 Å². The first-order valence-electron chi connectivity index (χ1n) is 21.6. The molecule has 1 aromatic rings. The van der Waals surface area contributed by atoms with Crippen LogP contribution in [0, 0.1) is 35.5 Å². The molecule has 4 heterocycles. The van der Waals surface area contributed by atoms with E-state index in [1.165, 1.54) is 0 Å². The second-order valence-corrected chi connectivity index (χ2v) is 17.9. The maximum atomic E-state index is 15.0. The number of Topliss-reactive ketones (excluding diaryl/α,β-unsaturated/α-hetero) is 1. The molecule has 3 aliphatic heterocycles. The van der Waals surface area contributed by atoms with Crippen LogP contribution in [0.3, 0.4) is 0 Å². The summed E-state index contributed by atoms with van der Waals surface area (Å²) in [5.41, 5.74) is 0.752. The Kier molecular flexibility index (Phi) is 13.9. The molecule has 0 spiro atoms. The van der Waals surface area contributed by atoms with Gasteiger partial charge in [0.1, 0.15) is 24.4 Å². The number of hydrogen-bond donors (Lipinski definition) is 0. The molecule has 0 radical (unpaired) electrons. The van der Waals surface area contributed by atoms with Crippen molar-refractivity contribution in [3.8, 4) is 0 Å². The number of carbonyl (C=O) groups is 2. The topological polar surface area (TPSA) is 142 Å². The van der Waals surface area contributed by atoms with Crippen molar-refractivity contribution in [2.45, 2.75) is 165 Å². The van der Waals surface area contributed by atoms with E-state index in [-0.39, 0.29) is 103 Å². The Hall–Kier alpha value is -2.30. The number of cyclic esters (lactones) is 1. The zero-order valence-electron chi connectivity index (χ0n) is 35.6. The number of ketones is 1. The molecule has 0 N–H and O–H groups in total. The van der Waals surface area contributed by atoms with E-state index < -0.39 is 18.3 Å². The predicted molar refractivity (Wildman–Crippen MR) is 209 cm³/mol. The van der Waals surface area contributed by atoms with Gasteiger partial charge in [0, 0.05) is 45.4 Å². The number of esters is 1. The average molecular weight is 801 g/mol. The normalized spacial score (nSPS) is 44.4. The summed E-state index contributed by atoms with van der Waals surface area (Å²) in [5, 5.41) is 8.71. The fourth-order valence-corrected chi connectivity index (χ4v) is 11.6. The molecule has 57 heavy (non-hydrogen) atoms. The monoisotopic (exact) mass is 800 g/mol. The molecule has 320 valence electrons. The SMILES string of the molecule is CC[C@H]1CCC[C@H](O[C@H]2CC[C@H](N(C)C)C(C)O2)[C@@H](C)C(=O)C2=C[C@@H]3[C@@H](C[C@@H](n4ccnn4)[C@@H]4C[C@@H](O[C@@H]5OC(C)[C@H](OC)C(OC)C5OC)C[C@@H]34)[C@@H]2CC(=O)O1. The molecule has 1 aromatic heterocycles. The number of rotatable bonds is 10. The van der Waals surface area contributed by atoms with Gasteiger partial charge in [0.2, 0.25) is 0 Å². The first-order chi connectivity index (χ1) is 27.5. The Morgan fingerprint density at radius 2 is 1.61 bits per heavy atom. The standard InChI is InChI=1S/C43H68N4O10/c1-10-26-12-11-13-36(57-38-15-14-34(46(5)6)24(3)53-38)23(2)39(49)33-20-29-28-18-27(56-43-42(52-9)41(51-8)40(50-7)25(4)54-43)19-32(28)35(47-17-16-44-45-47)21-30(29)31(33)22-37(48)55-26/h16-17,20,23-32,34-36,38,40-43H,10-15,18-19,21-22H2,1-9H3/t23-,24?,25?,26+,27+,28+,29+,30-,31+,32-,34+,35-,36+,38+,40+,41?,42?,43+/m1/s1. The van der Waals surface area contributed by atoms with Crippen molar-refractivity contribution in [1.29, 1.82) is 0 Å². The molecule has 0 amide bonds. The van der Waals surface area contributed by atoms with Crippen molar-refractivity contribution in [2.75, 3.05) is 35.4 Å². The zero-order valence-corrected chi connectivity index (χ0v) is 35.6. The van der Waals surface area contributed by atoms with Gasteiger partial charge in [0.05, 0.1) is 43.1 Å². The number of ether oxygens (including phenoxy) is 8. The second kappa shape index (κ2) is 18.5. The third-order valence-electron chi connectivity index (χ3n) is 14.6. The number of likely N-dealkylation sites (N-methyl/N-ethyl adjacent to an activating group) is 1. The molecule has 5 fully saturated rings. The van der Waals surface area contributed by atoms with E-state index >= 15 is 0 Å². The fourth-order valence-electron chi connectivity index (χ4n) is 11.6. The molecule has 3 saturated heterocycles. The lowest BCUT2D eigenvalue weighted by Crippen LogP contribution is -2.59. The summed E-state index contributed by atoms with van der Waals surface area (Å²) in [4.78, 5) is 31.0. The highest BCUT2D eigenvalue weighted by Gasteiger charge is 2.57. The highest BCUT2D eigenvalue weighted by molar-refractivity contribution is 5.99. The lowest BCUT2D eigenvalue weighted by atomic mass is 9.64.